The van der Waals surface area contributed by atoms with Crippen LogP contribution in [0.3, 0.4) is 0 Å². The standard InChI is InChI=1S/C21H18O8/c1-9-17(24)19(26)20(27)21(28-9)16-12(23)8-14-15(18(16)25)11(22)7-13(29-14)10-5-3-2-4-6-10/h2-9,19-21,23,25-27H,1H3. The average Bonchev–Trinajstić information content (AvgIpc) is 2.70. The summed E-state index contributed by atoms with van der Waals surface area (Å²) < 4.78 is 11.1. The molecule has 1 aromatic heterocycles. The third-order valence-electron chi connectivity index (χ3n) is 5.03. The van der Waals surface area contributed by atoms with Crippen LogP contribution in [0.4, 0.5) is 0 Å². The van der Waals surface area contributed by atoms with Gasteiger partial charge in [-0.05, 0) is 6.92 Å². The number of carbonyl (C=O) groups excluding carboxylic acids is 1. The van der Waals surface area contributed by atoms with Gasteiger partial charge in [-0.15, -0.1) is 0 Å². The second kappa shape index (κ2) is 7.00. The van der Waals surface area contributed by atoms with Gasteiger partial charge in [0.05, 0.1) is 5.56 Å². The molecule has 0 saturated carbocycles. The lowest BCUT2D eigenvalue weighted by atomic mass is 9.91. The molecule has 150 valence electrons. The summed E-state index contributed by atoms with van der Waals surface area (Å²) in [6.07, 6.45) is -5.99. The molecule has 0 spiro atoms. The summed E-state index contributed by atoms with van der Waals surface area (Å²) in [5, 5.41) is 41.1. The van der Waals surface area contributed by atoms with Crippen molar-refractivity contribution in [2.45, 2.75) is 31.3 Å². The quantitative estimate of drug-likeness (QED) is 0.511. The Bertz CT molecular complexity index is 1150. The molecule has 1 aliphatic heterocycles. The number of benzene rings is 2. The normalized spacial score (nSPS) is 24.7. The SMILES string of the molecule is CC1OC(c2c(O)cc3oc(-c4ccccc4)cc(=O)c3c2O)C(O)C(O)C1=O. The maximum atomic E-state index is 12.7. The van der Waals surface area contributed by atoms with Gasteiger partial charge in [0.1, 0.15) is 52.6 Å². The summed E-state index contributed by atoms with van der Waals surface area (Å²) in [4.78, 5) is 24.5. The Labute approximate surface area is 164 Å². The zero-order chi connectivity index (χ0) is 20.9. The van der Waals surface area contributed by atoms with E-state index in [0.29, 0.717) is 5.56 Å². The van der Waals surface area contributed by atoms with Crippen LogP contribution in [-0.4, -0.2) is 44.5 Å². The van der Waals surface area contributed by atoms with Crippen molar-refractivity contribution in [3.05, 3.63) is 58.3 Å². The van der Waals surface area contributed by atoms with Gasteiger partial charge in [0, 0.05) is 17.7 Å². The molecule has 8 nitrogen and oxygen atoms in total. The first-order chi connectivity index (χ1) is 13.8. The van der Waals surface area contributed by atoms with Crippen LogP contribution < -0.4 is 5.43 Å². The molecule has 4 atom stereocenters. The summed E-state index contributed by atoms with van der Waals surface area (Å²) in [6.45, 7) is 1.38. The molecule has 8 heteroatoms. The van der Waals surface area contributed by atoms with Crippen molar-refractivity contribution in [3.8, 4) is 22.8 Å². The van der Waals surface area contributed by atoms with Crippen molar-refractivity contribution >= 4 is 16.8 Å². The molecule has 0 radical (unpaired) electrons. The molecule has 4 rings (SSSR count). The van der Waals surface area contributed by atoms with Gasteiger partial charge < -0.3 is 29.6 Å². The molecule has 2 heterocycles. The van der Waals surface area contributed by atoms with Gasteiger partial charge in [0.25, 0.3) is 0 Å². The smallest absolute Gasteiger partial charge is 0.197 e. The van der Waals surface area contributed by atoms with Crippen molar-refractivity contribution in [3.63, 3.8) is 0 Å². The molecule has 1 saturated heterocycles. The predicted molar refractivity (Wildman–Crippen MR) is 102 cm³/mol. The van der Waals surface area contributed by atoms with Crippen molar-refractivity contribution in [1.29, 1.82) is 0 Å². The lowest BCUT2D eigenvalue weighted by Crippen LogP contribution is -2.50. The molecule has 1 fully saturated rings. The number of aromatic hydroxyl groups is 2. The van der Waals surface area contributed by atoms with Crippen LogP contribution in [0, 0.1) is 0 Å². The molecule has 0 amide bonds. The molecular weight excluding hydrogens is 380 g/mol. The summed E-state index contributed by atoms with van der Waals surface area (Å²) >= 11 is 0. The monoisotopic (exact) mass is 398 g/mol. The number of Topliss-reactive ketones (excluding diaryl/α,β-unsaturated/α-hetero) is 1. The van der Waals surface area contributed by atoms with Crippen LogP contribution in [0.2, 0.25) is 0 Å². The van der Waals surface area contributed by atoms with Gasteiger partial charge in [0.15, 0.2) is 11.2 Å². The van der Waals surface area contributed by atoms with Crippen LogP contribution in [-0.2, 0) is 9.53 Å². The number of phenols is 2. The van der Waals surface area contributed by atoms with E-state index in [2.05, 4.69) is 0 Å². The number of ether oxygens (including phenoxy) is 1. The minimum absolute atomic E-state index is 0.0647. The van der Waals surface area contributed by atoms with Gasteiger partial charge in [-0.2, -0.15) is 0 Å². The molecule has 1 aliphatic rings. The summed E-state index contributed by atoms with van der Waals surface area (Å²) in [7, 11) is 0. The van der Waals surface area contributed by atoms with Gasteiger partial charge >= 0.3 is 0 Å². The van der Waals surface area contributed by atoms with Gasteiger partial charge in [-0.3, -0.25) is 9.59 Å². The van der Waals surface area contributed by atoms with Crippen LogP contribution in [0.5, 0.6) is 11.5 Å². The number of aliphatic hydroxyl groups is 2. The number of hydrogen-bond acceptors (Lipinski definition) is 8. The Hall–Kier alpha value is -3.20. The van der Waals surface area contributed by atoms with Gasteiger partial charge in [-0.25, -0.2) is 0 Å². The average molecular weight is 398 g/mol. The summed E-state index contributed by atoms with van der Waals surface area (Å²) in [5.74, 6) is -1.63. The van der Waals surface area contributed by atoms with E-state index < -0.39 is 47.1 Å². The van der Waals surface area contributed by atoms with Gasteiger partial charge in [0.2, 0.25) is 0 Å². The van der Waals surface area contributed by atoms with E-state index in [-0.39, 0.29) is 22.3 Å². The lowest BCUT2D eigenvalue weighted by molar-refractivity contribution is -0.181. The number of ketones is 1. The first-order valence-corrected chi connectivity index (χ1v) is 8.93. The number of aliphatic hydroxyl groups excluding tert-OH is 2. The number of rotatable bonds is 2. The van der Waals surface area contributed by atoms with Gasteiger partial charge in [-0.1, -0.05) is 30.3 Å². The molecule has 4 unspecified atom stereocenters. The minimum Gasteiger partial charge on any atom is -0.507 e. The molecular formula is C21H18O8. The van der Waals surface area contributed by atoms with Crippen molar-refractivity contribution in [2.24, 2.45) is 0 Å². The molecule has 4 N–H and O–H groups in total. The van der Waals surface area contributed by atoms with Crippen LogP contribution in [0.1, 0.15) is 18.6 Å². The Kier molecular flexibility index (Phi) is 4.62. The first kappa shape index (κ1) is 19.1. The van der Waals surface area contributed by atoms with Crippen molar-refractivity contribution < 1.29 is 34.4 Å². The molecule has 2 aromatic carbocycles. The van der Waals surface area contributed by atoms with E-state index in [1.165, 1.54) is 13.0 Å². The lowest BCUT2D eigenvalue weighted by Gasteiger charge is -2.35. The maximum absolute atomic E-state index is 12.7. The second-order valence-electron chi connectivity index (χ2n) is 6.91. The third-order valence-corrected chi connectivity index (χ3v) is 5.03. The molecule has 29 heavy (non-hydrogen) atoms. The Morgan fingerprint density at radius 2 is 1.69 bits per heavy atom. The minimum atomic E-state index is -1.75. The number of hydrogen-bond donors (Lipinski definition) is 4. The molecule has 0 bridgehead atoms. The van der Waals surface area contributed by atoms with E-state index in [1.807, 2.05) is 6.07 Å². The van der Waals surface area contributed by atoms with Crippen molar-refractivity contribution in [2.75, 3.05) is 0 Å². The zero-order valence-electron chi connectivity index (χ0n) is 15.3. The topological polar surface area (TPSA) is 137 Å². The van der Waals surface area contributed by atoms with Crippen LogP contribution in [0.15, 0.2) is 51.7 Å². The highest BCUT2D eigenvalue weighted by Gasteiger charge is 2.44. The van der Waals surface area contributed by atoms with Crippen molar-refractivity contribution in [1.82, 2.24) is 0 Å². The summed E-state index contributed by atoms with van der Waals surface area (Å²) in [6, 6.07) is 11.2. The zero-order valence-corrected chi connectivity index (χ0v) is 15.3. The predicted octanol–water partition coefficient (Wildman–Crippen LogP) is 1.62. The highest BCUT2D eigenvalue weighted by Crippen LogP contribution is 2.44. The number of fused-ring (bicyclic) bond motifs is 1. The van der Waals surface area contributed by atoms with E-state index >= 15 is 0 Å². The molecule has 3 aromatic rings. The highest BCUT2D eigenvalue weighted by molar-refractivity contribution is 5.90. The van der Waals surface area contributed by atoms with Crippen LogP contribution in [0.25, 0.3) is 22.3 Å². The Morgan fingerprint density at radius 3 is 2.38 bits per heavy atom. The Morgan fingerprint density at radius 1 is 1.00 bits per heavy atom. The van der Waals surface area contributed by atoms with E-state index in [0.717, 1.165) is 6.07 Å². The fourth-order valence-electron chi connectivity index (χ4n) is 3.51. The third kappa shape index (κ3) is 3.07. The number of phenolic OH excluding ortho intramolecular Hbond substituents is 2. The number of carbonyl (C=O) groups is 1. The fraction of sp³-hybridized carbons (Fsp3) is 0.238. The maximum Gasteiger partial charge on any atom is 0.197 e. The van der Waals surface area contributed by atoms with E-state index in [4.69, 9.17) is 9.15 Å². The Balaban J connectivity index is 1.89. The van der Waals surface area contributed by atoms with E-state index in [1.54, 1.807) is 24.3 Å². The summed E-state index contributed by atoms with van der Waals surface area (Å²) in [5.41, 5.74) is -0.303. The highest BCUT2D eigenvalue weighted by atomic mass is 16.5. The molecule has 0 aliphatic carbocycles. The largest absolute Gasteiger partial charge is 0.507 e. The van der Waals surface area contributed by atoms with Crippen LogP contribution >= 0.6 is 0 Å². The van der Waals surface area contributed by atoms with E-state index in [9.17, 15) is 30.0 Å². The second-order valence-corrected chi connectivity index (χ2v) is 6.91. The first-order valence-electron chi connectivity index (χ1n) is 8.93. The fourth-order valence-corrected chi connectivity index (χ4v) is 3.51.